The van der Waals surface area contributed by atoms with Gasteiger partial charge in [-0.05, 0) is 111 Å². The number of anilines is 2. The molecule has 4 heterocycles. The van der Waals surface area contributed by atoms with Gasteiger partial charge in [0.15, 0.2) is 33.4 Å². The van der Waals surface area contributed by atoms with Crippen LogP contribution in [0.15, 0.2) is 87.0 Å². The zero-order chi connectivity index (χ0) is 50.7. The number of sulfonamides is 2. The van der Waals surface area contributed by atoms with E-state index in [1.54, 1.807) is 34.5 Å². The maximum Gasteiger partial charge on any atom is 0.247 e. The number of rotatable bonds is 14. The van der Waals surface area contributed by atoms with E-state index >= 15 is 0 Å². The van der Waals surface area contributed by atoms with E-state index in [-0.39, 0.29) is 35.1 Å². The third-order valence-electron chi connectivity index (χ3n) is 11.1. The molecule has 0 spiro atoms. The van der Waals surface area contributed by atoms with Gasteiger partial charge in [-0.3, -0.25) is 0 Å². The summed E-state index contributed by atoms with van der Waals surface area (Å²) in [5.74, 6) is -1.09. The highest BCUT2D eigenvalue weighted by Crippen LogP contribution is 2.38. The SMILES string of the molecule is COc1cc(Cc2csc(N3CCN(S(=O)(=O)c4c(F)c(Br)cc(F)c4Br)CC3)n2)cc(OC)c1.COc1ccc(Cc2csc(N3CCN(S(=O)(=O)c4c(F)c(Br)cc(F)c4Br)CC3)n2)cc1OC. The highest BCUT2D eigenvalue weighted by molar-refractivity contribution is 9.11. The molecule has 70 heavy (non-hydrogen) atoms. The summed E-state index contributed by atoms with van der Waals surface area (Å²) in [7, 11) is -2.13. The first-order valence-corrected chi connectivity index (χ1v) is 28.6. The molecule has 2 aliphatic rings. The number of hydrogen-bond acceptors (Lipinski definition) is 14. The number of aromatic nitrogens is 2. The zero-order valence-corrected chi connectivity index (χ0v) is 47.1. The summed E-state index contributed by atoms with van der Waals surface area (Å²) in [4.78, 5) is 12.0. The van der Waals surface area contributed by atoms with Gasteiger partial charge < -0.3 is 28.7 Å². The Bertz CT molecular complexity index is 3030. The quantitative estimate of drug-likeness (QED) is 0.0756. The molecule has 0 amide bonds. The Labute approximate surface area is 444 Å². The Morgan fingerprint density at radius 1 is 0.543 bits per heavy atom. The maximum atomic E-state index is 14.6. The number of halogens is 8. The minimum absolute atomic E-state index is 0.115. The highest BCUT2D eigenvalue weighted by atomic mass is 79.9. The van der Waals surface area contributed by atoms with Crippen LogP contribution in [-0.4, -0.2) is 116 Å². The van der Waals surface area contributed by atoms with E-state index in [4.69, 9.17) is 28.9 Å². The molecule has 6 aromatic rings. The summed E-state index contributed by atoms with van der Waals surface area (Å²) < 4.78 is 132. The van der Waals surface area contributed by atoms with Gasteiger partial charge in [0.05, 0.1) is 57.7 Å². The van der Waals surface area contributed by atoms with Crippen molar-refractivity contribution in [3.8, 4) is 23.0 Å². The van der Waals surface area contributed by atoms with Crippen molar-refractivity contribution in [2.45, 2.75) is 22.6 Å². The van der Waals surface area contributed by atoms with Crippen LogP contribution in [0.3, 0.4) is 0 Å². The lowest BCUT2D eigenvalue weighted by atomic mass is 10.1. The van der Waals surface area contributed by atoms with E-state index in [0.29, 0.717) is 62.0 Å². The van der Waals surface area contributed by atoms with Crippen molar-refractivity contribution < 1.29 is 53.3 Å². The molecule has 0 saturated carbocycles. The lowest BCUT2D eigenvalue weighted by Gasteiger charge is -2.34. The van der Waals surface area contributed by atoms with Gasteiger partial charge in [-0.25, -0.2) is 44.4 Å². The molecule has 2 aromatic heterocycles. The topological polar surface area (TPSA) is 144 Å². The van der Waals surface area contributed by atoms with Crippen LogP contribution in [0.5, 0.6) is 23.0 Å². The maximum absolute atomic E-state index is 14.6. The van der Waals surface area contributed by atoms with E-state index in [9.17, 15) is 34.4 Å². The fraction of sp³-hybridized carbons (Fsp3) is 0.318. The lowest BCUT2D eigenvalue weighted by Crippen LogP contribution is -2.49. The molecule has 26 heteroatoms. The second-order valence-corrected chi connectivity index (χ2v) is 24.1. The molecule has 0 unspecified atom stereocenters. The minimum Gasteiger partial charge on any atom is -0.497 e. The number of ether oxygens (including phenoxy) is 4. The van der Waals surface area contributed by atoms with Crippen LogP contribution < -0.4 is 28.7 Å². The molecule has 0 atom stereocenters. The van der Waals surface area contributed by atoms with Crippen molar-refractivity contribution in [2.24, 2.45) is 0 Å². The van der Waals surface area contributed by atoms with Crippen LogP contribution in [0.2, 0.25) is 0 Å². The summed E-state index contributed by atoms with van der Waals surface area (Å²) in [6.07, 6.45) is 1.19. The molecule has 0 bridgehead atoms. The summed E-state index contributed by atoms with van der Waals surface area (Å²) in [6.45, 7) is 1.95. The molecule has 8 rings (SSSR count). The van der Waals surface area contributed by atoms with Crippen molar-refractivity contribution in [3.63, 3.8) is 0 Å². The largest absolute Gasteiger partial charge is 0.497 e. The molecule has 2 aliphatic heterocycles. The zero-order valence-electron chi connectivity index (χ0n) is 37.5. The molecule has 0 N–H and O–H groups in total. The van der Waals surface area contributed by atoms with Gasteiger partial charge in [0, 0.05) is 82.0 Å². The molecular weight excluding hydrogens is 1260 g/mol. The Hall–Kier alpha value is -3.60. The number of thiazole rings is 2. The monoisotopic (exact) mass is 1300 g/mol. The smallest absolute Gasteiger partial charge is 0.247 e. The second kappa shape index (κ2) is 23.1. The van der Waals surface area contributed by atoms with Crippen molar-refractivity contribution in [2.75, 3.05) is 90.6 Å². The summed E-state index contributed by atoms with van der Waals surface area (Å²) in [5, 5.41) is 5.47. The van der Waals surface area contributed by atoms with Gasteiger partial charge >= 0.3 is 0 Å². The number of piperazine rings is 2. The van der Waals surface area contributed by atoms with Gasteiger partial charge in [0.2, 0.25) is 20.0 Å². The Balaban J connectivity index is 0.000000206. The normalized spacial score (nSPS) is 14.9. The fourth-order valence-corrected chi connectivity index (χ4v) is 15.2. The van der Waals surface area contributed by atoms with E-state index < -0.39 is 62.1 Å². The van der Waals surface area contributed by atoms with Crippen molar-refractivity contribution >= 4 is 117 Å². The predicted octanol–water partition coefficient (Wildman–Crippen LogP) is 10.1. The molecule has 2 saturated heterocycles. The first-order chi connectivity index (χ1) is 33.3. The van der Waals surface area contributed by atoms with Crippen LogP contribution in [0.25, 0.3) is 0 Å². The van der Waals surface area contributed by atoms with E-state index in [2.05, 4.69) is 63.7 Å². The molecule has 14 nitrogen and oxygen atoms in total. The molecule has 4 aromatic carbocycles. The van der Waals surface area contributed by atoms with E-state index in [1.807, 2.05) is 50.9 Å². The predicted molar refractivity (Wildman–Crippen MR) is 274 cm³/mol. The fourth-order valence-electron chi connectivity index (χ4n) is 7.48. The molecule has 0 aliphatic carbocycles. The van der Waals surface area contributed by atoms with Crippen LogP contribution in [0, 0.1) is 23.3 Å². The Morgan fingerprint density at radius 2 is 0.957 bits per heavy atom. The third-order valence-corrected chi connectivity index (χ3v) is 20.1. The van der Waals surface area contributed by atoms with Crippen molar-refractivity contribution in [1.82, 2.24) is 18.6 Å². The van der Waals surface area contributed by atoms with Crippen LogP contribution in [-0.2, 0) is 32.9 Å². The van der Waals surface area contributed by atoms with Gasteiger partial charge in [0.1, 0.15) is 32.9 Å². The van der Waals surface area contributed by atoms with Gasteiger partial charge in [0.25, 0.3) is 0 Å². The first kappa shape index (κ1) is 54.2. The molecule has 2 fully saturated rings. The van der Waals surface area contributed by atoms with Crippen molar-refractivity contribution in [1.29, 1.82) is 0 Å². The van der Waals surface area contributed by atoms with Crippen LogP contribution >= 0.6 is 86.4 Å². The number of methoxy groups -OCH3 is 4. The number of hydrogen-bond donors (Lipinski definition) is 0. The minimum atomic E-state index is -4.25. The third kappa shape index (κ3) is 11.9. The lowest BCUT2D eigenvalue weighted by molar-refractivity contribution is 0.354. The molecule has 376 valence electrons. The average Bonchev–Trinajstić information content (AvgIpc) is 4.03. The van der Waals surface area contributed by atoms with E-state index in [0.717, 1.165) is 53.5 Å². The van der Waals surface area contributed by atoms with Gasteiger partial charge in [-0.1, -0.05) is 6.07 Å². The standard InChI is InChI=1S/2C22H21Br2F2N3O4S2/c1-32-15-8-13(9-16(10-15)33-2)7-14-12-34-22(27-14)28-3-5-29(6-4-28)35(30,31)21-19(24)18(25)11-17(23)20(21)26;1-32-17-4-3-13(10-18(17)33-2)9-14-12-34-22(27-14)28-5-7-29(8-6-28)35(30,31)21-19(24)16(25)11-15(23)20(21)26/h8-12H,3-7H2,1-2H3;3-4,10-12H,5-9H2,1-2H3. The summed E-state index contributed by atoms with van der Waals surface area (Å²) in [6, 6.07) is 13.1. The van der Waals surface area contributed by atoms with Crippen molar-refractivity contribution in [3.05, 3.63) is 123 Å². The van der Waals surface area contributed by atoms with Gasteiger partial charge in [-0.15, -0.1) is 22.7 Å². The Kier molecular flexibility index (Phi) is 17.9. The van der Waals surface area contributed by atoms with E-state index in [1.165, 1.54) is 22.7 Å². The summed E-state index contributed by atoms with van der Waals surface area (Å²) >= 11 is 14.5. The molecule has 0 radical (unpaired) electrons. The van der Waals surface area contributed by atoms with Crippen LogP contribution in [0.4, 0.5) is 27.8 Å². The average molecular weight is 1310 g/mol. The molecular formula is C44H42Br4F4N6O8S4. The first-order valence-electron chi connectivity index (χ1n) is 20.8. The number of benzene rings is 4. The van der Waals surface area contributed by atoms with Crippen LogP contribution in [0.1, 0.15) is 22.5 Å². The second-order valence-electron chi connectivity index (χ2n) is 15.4. The Morgan fingerprint density at radius 3 is 1.36 bits per heavy atom. The summed E-state index contributed by atoms with van der Waals surface area (Å²) in [5.41, 5.74) is 3.75. The number of nitrogens with zero attached hydrogens (tertiary/aromatic N) is 6. The van der Waals surface area contributed by atoms with Gasteiger partial charge in [-0.2, -0.15) is 8.61 Å². The highest BCUT2D eigenvalue weighted by Gasteiger charge is 2.37.